The molecule has 4 saturated heterocycles. The molecular formula is C106H109Cl7F3N9O14. The van der Waals surface area contributed by atoms with Crippen LogP contribution in [-0.2, 0) is 78.5 Å². The van der Waals surface area contributed by atoms with Gasteiger partial charge in [0.05, 0.1) is 87.5 Å². The van der Waals surface area contributed by atoms with E-state index in [0.717, 1.165) is 87.3 Å². The zero-order valence-electron chi connectivity index (χ0n) is 77.6. The molecule has 15 atom stereocenters. The van der Waals surface area contributed by atoms with Gasteiger partial charge < -0.3 is 50.7 Å². The van der Waals surface area contributed by atoms with Crippen LogP contribution >= 0.6 is 82.0 Å². The quantitative estimate of drug-likeness (QED) is 0.0456. The lowest BCUT2D eigenvalue weighted by atomic mass is 9.51. The Morgan fingerprint density at radius 1 is 0.482 bits per heavy atom. The summed E-state index contributed by atoms with van der Waals surface area (Å²) in [6.07, 6.45) is 12.5. The molecule has 3 amide bonds. The number of oxime groups is 2. The number of anilines is 3. The number of ether oxygens (including phenoxy) is 3. The van der Waals surface area contributed by atoms with Crippen molar-refractivity contribution < 1.29 is 80.5 Å². The number of Topliss-reactive ketones (excluding diaryl/α,β-unsaturated/α-hetero) is 1. The van der Waals surface area contributed by atoms with Gasteiger partial charge in [-0.3, -0.25) is 33.7 Å². The van der Waals surface area contributed by atoms with Gasteiger partial charge in [-0.05, 0) is 224 Å². The van der Waals surface area contributed by atoms with E-state index in [2.05, 4.69) is 87.5 Å². The molecule has 0 radical (unpaired) electrons. The first-order valence-electron chi connectivity index (χ1n) is 47.6. The van der Waals surface area contributed by atoms with E-state index in [1.807, 2.05) is 72.8 Å². The Balaban J connectivity index is 0.000000131. The molecule has 2 aromatic heterocycles. The van der Waals surface area contributed by atoms with Crippen LogP contribution in [0.15, 0.2) is 168 Å². The lowest BCUT2D eigenvalue weighted by molar-refractivity contribution is -0.184. The molecule has 1 unspecified atom stereocenters. The number of aromatic nitrogens is 2. The number of hydrogen-bond acceptors (Lipinski definition) is 19. The Bertz CT molecular complexity index is 6290. The fourth-order valence-electron chi connectivity index (χ4n) is 26.7. The number of nitrogens with zero attached hydrogens (tertiary/aromatic N) is 5. The number of pyridine rings is 2. The first kappa shape index (κ1) is 99.7. The minimum absolute atomic E-state index is 0. The van der Waals surface area contributed by atoms with Gasteiger partial charge in [0.1, 0.15) is 62.7 Å². The number of ketones is 1. The average molecular weight is 2040 g/mol. The van der Waals surface area contributed by atoms with Crippen molar-refractivity contribution in [2.75, 3.05) is 29.2 Å². The molecule has 139 heavy (non-hydrogen) atoms. The third-order valence-corrected chi connectivity index (χ3v) is 34.9. The van der Waals surface area contributed by atoms with Gasteiger partial charge in [-0.25, -0.2) is 32.7 Å². The molecule has 732 valence electrons. The molecule has 8 aromatic rings. The molecule has 6 N–H and O–H groups in total. The molecule has 5 aliphatic carbocycles. The fraction of sp³-hybridized carbons (Fsp3) is 0.472. The number of esters is 1. The molecule has 33 heteroatoms. The van der Waals surface area contributed by atoms with Crippen LogP contribution in [0.1, 0.15) is 251 Å². The molecular weight excluding hydrogens is 1930 g/mol. The minimum Gasteiger partial charge on any atom is -0.481 e. The van der Waals surface area contributed by atoms with Crippen molar-refractivity contribution in [2.24, 2.45) is 60.9 Å². The number of carboxylic acids is 1. The number of nitrogens with two attached hydrogens (primary N) is 1. The predicted molar refractivity (Wildman–Crippen MR) is 524 cm³/mol. The summed E-state index contributed by atoms with van der Waals surface area (Å²) < 4.78 is 66.2. The highest BCUT2D eigenvalue weighted by molar-refractivity contribution is 6.33. The summed E-state index contributed by atoms with van der Waals surface area (Å²) in [5.74, 6) is -8.57. The summed E-state index contributed by atoms with van der Waals surface area (Å²) in [6.45, 7) is 14.2. The Hall–Kier alpha value is -9.42. The molecule has 14 aliphatic rings. The maximum absolute atomic E-state index is 16.5. The fourth-order valence-corrected chi connectivity index (χ4v) is 27.7. The topological polar surface area (TPSA) is 319 Å². The molecule has 22 rings (SSSR count). The van der Waals surface area contributed by atoms with Crippen LogP contribution in [0.3, 0.4) is 0 Å². The number of benzene rings is 6. The van der Waals surface area contributed by atoms with Crippen LogP contribution in [0.4, 0.5) is 30.5 Å². The van der Waals surface area contributed by atoms with Crippen molar-refractivity contribution >= 4 is 158 Å². The average Bonchev–Trinajstić information content (AvgIpc) is 1.48. The van der Waals surface area contributed by atoms with E-state index in [-0.39, 0.29) is 150 Å². The van der Waals surface area contributed by atoms with Crippen molar-refractivity contribution in [2.45, 2.75) is 252 Å². The number of rotatable bonds is 11. The smallest absolute Gasteiger partial charge is 0.340 e. The summed E-state index contributed by atoms with van der Waals surface area (Å²) >= 11 is 37.9. The monoisotopic (exact) mass is 2030 g/mol. The molecule has 9 fully saturated rings. The molecule has 5 saturated carbocycles. The molecule has 9 aliphatic heterocycles. The molecule has 6 aromatic carbocycles. The highest BCUT2D eigenvalue weighted by Crippen LogP contribution is 2.76. The first-order chi connectivity index (χ1) is 65.8. The van der Waals surface area contributed by atoms with E-state index in [4.69, 9.17) is 94.4 Å². The second-order valence-electron chi connectivity index (χ2n) is 42.5. The SMILES string of the molecule is CC1(C)CCC2(CC1)C[C@@H](C(=O)C[C@@H]1CC[C@@H](C3=NOC(=O)C3)OC1)[C@H](c1cccc(Cl)c1F)[C@]21C(=O)Nc2cc(Cl)ccc21.CC1(C)CCC2(CC1)C[C@@H](C(=O)O)[C@H](c1cccc(Cl)c1F)C21C(=O)Nc2nc(Cl)ccc21.CC1(C)CCC2(CC1)N1[C@H](c3ccccc3)[C@H](c3ccccc3)OC(=O)[C@H]1[C@H](c1cccc(Cl)c1F)[C@@]21C(=O)Nc2nc(Cl)ccc21.Cl.N[C@@H]1CC[C@@H](C2=NOC(=O)C2)OC1. The number of fused-ring (bicyclic) bond motifs is 11. The second-order valence-corrected chi connectivity index (χ2v) is 44.9. The lowest BCUT2D eigenvalue weighted by Gasteiger charge is -2.57. The Morgan fingerprint density at radius 2 is 0.921 bits per heavy atom. The Labute approximate surface area is 840 Å². The highest BCUT2D eigenvalue weighted by Gasteiger charge is 2.80. The van der Waals surface area contributed by atoms with Crippen molar-refractivity contribution in [3.63, 3.8) is 0 Å². The largest absolute Gasteiger partial charge is 0.481 e. The summed E-state index contributed by atoms with van der Waals surface area (Å²) in [5, 5.41) is 27.6. The predicted octanol–water partition coefficient (Wildman–Crippen LogP) is 22.7. The van der Waals surface area contributed by atoms with E-state index in [0.29, 0.717) is 102 Å². The minimum atomic E-state index is -1.43. The van der Waals surface area contributed by atoms with Gasteiger partial charge in [0.2, 0.25) is 17.7 Å². The van der Waals surface area contributed by atoms with E-state index < -0.39 is 110 Å². The third kappa shape index (κ3) is 17.0. The van der Waals surface area contributed by atoms with Crippen LogP contribution in [0.5, 0.6) is 0 Å². The number of carbonyl (C=O) groups is 8. The van der Waals surface area contributed by atoms with Gasteiger partial charge >= 0.3 is 23.9 Å². The molecule has 11 heterocycles. The van der Waals surface area contributed by atoms with Crippen molar-refractivity contribution in [3.05, 3.63) is 250 Å². The number of halogens is 10. The Morgan fingerprint density at radius 3 is 1.40 bits per heavy atom. The van der Waals surface area contributed by atoms with Crippen LogP contribution in [0.25, 0.3) is 0 Å². The summed E-state index contributed by atoms with van der Waals surface area (Å²) in [6, 6.07) is 45.0. The van der Waals surface area contributed by atoms with Gasteiger partial charge in [0, 0.05) is 63.5 Å². The number of cyclic esters (lactones) is 1. The number of carbonyl (C=O) groups excluding carboxylic acids is 7. The first-order valence-corrected chi connectivity index (χ1v) is 49.8. The zero-order valence-corrected chi connectivity index (χ0v) is 82.9. The molecule has 23 nitrogen and oxygen atoms in total. The van der Waals surface area contributed by atoms with Crippen LogP contribution in [0.2, 0.25) is 30.4 Å². The van der Waals surface area contributed by atoms with Crippen molar-refractivity contribution in [1.29, 1.82) is 0 Å². The van der Waals surface area contributed by atoms with E-state index in [1.165, 1.54) is 18.2 Å². The number of nitrogens with one attached hydrogen (secondary N) is 3. The summed E-state index contributed by atoms with van der Waals surface area (Å²) in [5.41, 5.74) is 6.17. The lowest BCUT2D eigenvalue weighted by Crippen LogP contribution is -2.64. The van der Waals surface area contributed by atoms with Gasteiger partial charge in [-0.15, -0.1) is 12.4 Å². The highest BCUT2D eigenvalue weighted by atomic mass is 35.5. The van der Waals surface area contributed by atoms with E-state index in [1.54, 1.807) is 66.7 Å². The van der Waals surface area contributed by atoms with Crippen molar-refractivity contribution in [3.8, 4) is 0 Å². The number of amides is 3. The van der Waals surface area contributed by atoms with Gasteiger partial charge in [0.15, 0.2) is 0 Å². The maximum atomic E-state index is 16.5. The van der Waals surface area contributed by atoms with Crippen LogP contribution in [-0.4, -0.2) is 122 Å². The van der Waals surface area contributed by atoms with Gasteiger partial charge in [0.25, 0.3) is 0 Å². The van der Waals surface area contributed by atoms with Crippen LogP contribution < -0.4 is 21.7 Å². The third-order valence-electron chi connectivity index (χ3n) is 33.4. The maximum Gasteiger partial charge on any atom is 0.340 e. The number of carboxylic acid groups (broad SMARTS) is 1. The summed E-state index contributed by atoms with van der Waals surface area (Å²) in [4.78, 5) is 128. The van der Waals surface area contributed by atoms with E-state index in [9.17, 15) is 38.7 Å². The number of aliphatic carboxylic acids is 1. The van der Waals surface area contributed by atoms with Gasteiger partial charge in [-0.2, -0.15) is 0 Å². The molecule has 6 spiro atoms. The summed E-state index contributed by atoms with van der Waals surface area (Å²) in [7, 11) is 0. The number of hydrogen-bond donors (Lipinski definition) is 5. The van der Waals surface area contributed by atoms with Crippen LogP contribution in [0, 0.1) is 62.3 Å². The second kappa shape index (κ2) is 38.0. The Kier molecular flexibility index (Phi) is 27.3. The van der Waals surface area contributed by atoms with Crippen molar-refractivity contribution in [1.82, 2.24) is 14.9 Å². The van der Waals surface area contributed by atoms with E-state index >= 15 is 18.0 Å². The number of morpholine rings is 1. The van der Waals surface area contributed by atoms with Gasteiger partial charge in [-0.1, -0.05) is 237 Å². The zero-order chi connectivity index (χ0) is 97.5. The normalized spacial score (nSPS) is 30.2. The molecule has 0 bridgehead atoms. The standard InChI is InChI=1S/C38H34Cl2FN3O3.C35H37Cl2FN2O5.C25H25Cl2FN2O3.C8H12N2O3.ClH/c1-36(2)18-20-37(21-19-36)38(25-16-17-27(40)42-33(25)43-35(38)46)28(24-14-9-15-26(39)29(24)41)31-34(45)47-32(23-12-7-4-8-13-23)30(44(31)37)22-10-5-3-6-11-22;1-33(2)10-12-34(13-11-33)17-22(27(41)14-19-6-9-28(44-18-19)26-16-29(42)45-40-26)30(21-4-3-5-24(37)31(21)38)35(34)23-8-7-20(36)15-25(23)39-32(35)43;1-23(2)8-10-24(11-9-23)12-14(21(31)32)18(13-4-3-5-16(26)19(13)28)25(24)15-6-7-17(27)29-20(15)30-22(25)33;9-5-1-2-7(12-4-5)6-3-8(11)13-10-6;/h3-17,28,30-32H,18-21H2,1-2H3,(H,42,43,46);3-5,7-8,15,19,22,28,30H,6,9-14,16-18H2,1-2H3,(H,39,43);3-7,14,18H,8-12H2,1-2H3,(H,31,32)(H,29,30,33);5,7H,1-4,9H2;1H/t28-,30+,31+,32-,38-;19-,22-,28-,30-,35+;14-,18+,25?;5-,7+;/m0011./s1.